The first-order valence-corrected chi connectivity index (χ1v) is 18.1. The molecule has 49 heavy (non-hydrogen) atoms. The fraction of sp³-hybridized carbons (Fsp3) is 0.368. The van der Waals surface area contributed by atoms with Gasteiger partial charge < -0.3 is 10.2 Å². The maximum atomic E-state index is 12.4. The number of para-hydroxylation sites is 1. The molecule has 0 fully saturated rings. The van der Waals surface area contributed by atoms with Gasteiger partial charge >= 0.3 is 0 Å². The van der Waals surface area contributed by atoms with Crippen molar-refractivity contribution in [2.45, 2.75) is 69.6 Å². The number of carbonyl (C=O) groups is 3. The molecule has 258 valence electrons. The summed E-state index contributed by atoms with van der Waals surface area (Å²) in [7, 11) is -4.31. The van der Waals surface area contributed by atoms with Crippen molar-refractivity contribution >= 4 is 44.9 Å². The first kappa shape index (κ1) is 35.7. The van der Waals surface area contributed by atoms with E-state index in [0.29, 0.717) is 19.4 Å². The molecule has 0 spiro atoms. The highest BCUT2D eigenvalue weighted by atomic mass is 32.2. The molecule has 3 amide bonds. The van der Waals surface area contributed by atoms with E-state index in [9.17, 15) is 27.4 Å². The SMILES string of the molecule is CCN1/C(=C/C=C/C=C/C2=[N+](CCCCC(=O)NCCN3C(=O)C=CC3=O)c3ccccc3C2(C)C)C(C)(C)c2cc(S(=O)(=O)O)ccc21. The maximum absolute atomic E-state index is 12.4. The summed E-state index contributed by atoms with van der Waals surface area (Å²) in [5.74, 6) is -0.813. The van der Waals surface area contributed by atoms with Crippen LogP contribution in [-0.4, -0.2) is 72.1 Å². The zero-order chi connectivity index (χ0) is 35.6. The van der Waals surface area contributed by atoms with Gasteiger partial charge in [-0.25, -0.2) is 0 Å². The second kappa shape index (κ2) is 14.1. The third-order valence-electron chi connectivity index (χ3n) is 9.60. The van der Waals surface area contributed by atoms with Crippen LogP contribution < -0.4 is 10.2 Å². The Labute approximate surface area is 288 Å². The number of amides is 3. The Bertz CT molecular complexity index is 1920. The lowest BCUT2D eigenvalue weighted by molar-refractivity contribution is -0.438. The monoisotopic (exact) mass is 685 g/mol. The minimum absolute atomic E-state index is 0.105. The second-order valence-electron chi connectivity index (χ2n) is 13.5. The summed E-state index contributed by atoms with van der Waals surface area (Å²) in [6.07, 6.45) is 14.5. The van der Waals surface area contributed by atoms with Crippen LogP contribution in [0.4, 0.5) is 11.4 Å². The van der Waals surface area contributed by atoms with E-state index in [-0.39, 0.29) is 41.1 Å². The van der Waals surface area contributed by atoms with Crippen LogP contribution in [0.1, 0.15) is 65.0 Å². The van der Waals surface area contributed by atoms with Gasteiger partial charge in [-0.1, -0.05) is 50.3 Å². The molecule has 0 radical (unpaired) electrons. The van der Waals surface area contributed by atoms with Gasteiger partial charge in [0.1, 0.15) is 6.54 Å². The number of likely N-dealkylation sites (N-methyl/N-ethyl adjacent to an activating group) is 1. The van der Waals surface area contributed by atoms with Gasteiger partial charge in [0.25, 0.3) is 21.9 Å². The molecule has 2 aromatic rings. The van der Waals surface area contributed by atoms with Gasteiger partial charge in [0, 0.05) is 79.1 Å². The summed E-state index contributed by atoms with van der Waals surface area (Å²) in [4.78, 5) is 39.0. The lowest BCUT2D eigenvalue weighted by atomic mass is 9.81. The van der Waals surface area contributed by atoms with Crippen molar-refractivity contribution in [3.05, 3.63) is 102 Å². The average molecular weight is 686 g/mol. The minimum atomic E-state index is -4.31. The normalized spacial score (nSPS) is 18.9. The third-order valence-corrected chi connectivity index (χ3v) is 10.5. The Morgan fingerprint density at radius 1 is 0.918 bits per heavy atom. The lowest BCUT2D eigenvalue weighted by Gasteiger charge is -2.25. The first-order valence-electron chi connectivity index (χ1n) is 16.7. The maximum Gasteiger partial charge on any atom is 0.294 e. The molecule has 2 aromatic carbocycles. The number of fused-ring (bicyclic) bond motifs is 2. The summed E-state index contributed by atoms with van der Waals surface area (Å²) in [6, 6.07) is 13.2. The fourth-order valence-electron chi connectivity index (χ4n) is 7.00. The molecule has 0 unspecified atom stereocenters. The Morgan fingerprint density at radius 2 is 1.63 bits per heavy atom. The number of allylic oxidation sites excluding steroid dienone is 6. The molecule has 0 aliphatic carbocycles. The van der Waals surface area contributed by atoms with Gasteiger partial charge in [-0.3, -0.25) is 23.8 Å². The van der Waals surface area contributed by atoms with Crippen molar-refractivity contribution in [1.29, 1.82) is 0 Å². The highest BCUT2D eigenvalue weighted by molar-refractivity contribution is 7.85. The van der Waals surface area contributed by atoms with Crippen molar-refractivity contribution in [2.24, 2.45) is 0 Å². The molecule has 3 aliphatic heterocycles. The molecule has 0 atom stereocenters. The summed E-state index contributed by atoms with van der Waals surface area (Å²) < 4.78 is 35.6. The Morgan fingerprint density at radius 3 is 2.33 bits per heavy atom. The molecule has 0 saturated carbocycles. The number of rotatable bonds is 13. The van der Waals surface area contributed by atoms with Gasteiger partial charge in [0.05, 0.1) is 10.3 Å². The summed E-state index contributed by atoms with van der Waals surface area (Å²) in [5.41, 5.74) is 5.67. The predicted octanol–water partition coefficient (Wildman–Crippen LogP) is 5.34. The third kappa shape index (κ3) is 7.23. The average Bonchev–Trinajstić information content (AvgIpc) is 3.57. The van der Waals surface area contributed by atoms with Gasteiger partial charge in [-0.2, -0.15) is 13.0 Å². The van der Waals surface area contributed by atoms with E-state index in [4.69, 9.17) is 0 Å². The van der Waals surface area contributed by atoms with Crippen LogP contribution in [0.5, 0.6) is 0 Å². The van der Waals surface area contributed by atoms with E-state index in [1.54, 1.807) is 12.1 Å². The first-order chi connectivity index (χ1) is 23.2. The van der Waals surface area contributed by atoms with Crippen molar-refractivity contribution in [3.8, 4) is 0 Å². The van der Waals surface area contributed by atoms with Crippen LogP contribution in [0.2, 0.25) is 0 Å². The van der Waals surface area contributed by atoms with Crippen LogP contribution in [-0.2, 0) is 35.3 Å². The second-order valence-corrected chi connectivity index (χ2v) is 14.9. The molecule has 10 nitrogen and oxygen atoms in total. The number of nitrogens with zero attached hydrogens (tertiary/aromatic N) is 3. The Balaban J connectivity index is 1.26. The van der Waals surface area contributed by atoms with Crippen LogP contribution >= 0.6 is 0 Å². The minimum Gasteiger partial charge on any atom is -0.354 e. The van der Waals surface area contributed by atoms with Gasteiger partial charge in [0.2, 0.25) is 11.6 Å². The number of anilines is 1. The van der Waals surface area contributed by atoms with Crippen molar-refractivity contribution in [1.82, 2.24) is 10.2 Å². The number of carbonyl (C=O) groups excluding carboxylic acids is 3. The number of imide groups is 1. The molecular weight excluding hydrogens is 641 g/mol. The fourth-order valence-corrected chi connectivity index (χ4v) is 7.50. The molecule has 0 aromatic heterocycles. The summed E-state index contributed by atoms with van der Waals surface area (Å²) in [5, 5.41) is 2.81. The highest BCUT2D eigenvalue weighted by Gasteiger charge is 2.44. The van der Waals surface area contributed by atoms with Gasteiger partial charge in [-0.15, -0.1) is 0 Å². The molecule has 0 bridgehead atoms. The van der Waals surface area contributed by atoms with Crippen molar-refractivity contribution in [3.63, 3.8) is 0 Å². The van der Waals surface area contributed by atoms with E-state index < -0.39 is 15.5 Å². The van der Waals surface area contributed by atoms with E-state index in [2.05, 4.69) is 79.8 Å². The zero-order valence-electron chi connectivity index (χ0n) is 28.8. The molecule has 2 N–H and O–H groups in total. The Hall–Kier alpha value is -4.61. The number of hydrogen-bond donors (Lipinski definition) is 2. The van der Waals surface area contributed by atoms with E-state index in [0.717, 1.165) is 46.2 Å². The largest absolute Gasteiger partial charge is 0.354 e. The molecule has 3 heterocycles. The zero-order valence-corrected chi connectivity index (χ0v) is 29.6. The number of unbranched alkanes of at least 4 members (excludes halogenated alkanes) is 1. The molecule has 3 aliphatic rings. The predicted molar refractivity (Wildman–Crippen MR) is 191 cm³/mol. The molecule has 0 saturated heterocycles. The van der Waals surface area contributed by atoms with Crippen molar-refractivity contribution in [2.75, 3.05) is 31.1 Å². The molecule has 11 heteroatoms. The van der Waals surface area contributed by atoms with E-state index in [1.165, 1.54) is 23.8 Å². The standard InChI is InChI=1S/C38H44N4O6S/c1-6-40-31-20-19-27(49(46,47)48)26-29(31)38(4,5)32(40)16-8-7-9-17-33-37(2,3)28-14-10-11-15-30(28)41(33)24-13-12-18-34(43)39-23-25-42-35(44)21-22-36(42)45/h7-11,14-17,19-22,26H,6,12-13,18,23-25H2,1-5H3,(H-,39,43,46,47,48)/p+1. The number of hydrogen-bond acceptors (Lipinski definition) is 6. The van der Waals surface area contributed by atoms with Crippen molar-refractivity contribution < 1.29 is 31.9 Å². The van der Waals surface area contributed by atoms with E-state index >= 15 is 0 Å². The van der Waals surface area contributed by atoms with E-state index in [1.807, 2.05) is 24.3 Å². The van der Waals surface area contributed by atoms with Crippen LogP contribution in [0, 0.1) is 0 Å². The molecule has 5 rings (SSSR count). The summed E-state index contributed by atoms with van der Waals surface area (Å²) >= 11 is 0. The quantitative estimate of drug-likeness (QED) is 0.0959. The number of nitrogens with one attached hydrogen (secondary N) is 1. The highest BCUT2D eigenvalue weighted by Crippen LogP contribution is 2.48. The molecular formula is C38H45N4O6S+. The van der Waals surface area contributed by atoms with Crippen LogP contribution in [0.15, 0.2) is 95.6 Å². The number of benzene rings is 2. The van der Waals surface area contributed by atoms with Crippen LogP contribution in [0.3, 0.4) is 0 Å². The van der Waals surface area contributed by atoms with Crippen LogP contribution in [0.25, 0.3) is 0 Å². The van der Waals surface area contributed by atoms with Gasteiger partial charge in [-0.05, 0) is 57.0 Å². The topological polar surface area (TPSA) is 127 Å². The smallest absolute Gasteiger partial charge is 0.294 e. The lowest BCUT2D eigenvalue weighted by Crippen LogP contribution is -2.38. The summed E-state index contributed by atoms with van der Waals surface area (Å²) in [6.45, 7) is 12.4. The van der Waals surface area contributed by atoms with Gasteiger partial charge in [0.15, 0.2) is 5.71 Å². The Kier molecular flexibility index (Phi) is 10.3.